The smallest absolute Gasteiger partial charge is 0.328 e. The number of hydrogen-bond donors (Lipinski definition) is 1. The van der Waals surface area contributed by atoms with Gasteiger partial charge in [0.25, 0.3) is 6.43 Å². The Bertz CT molecular complexity index is 652. The minimum atomic E-state index is -2.50. The number of nitrogens with zero attached hydrogens (tertiary/aromatic N) is 3. The molecule has 0 bridgehead atoms. The maximum atomic E-state index is 12.5. The van der Waals surface area contributed by atoms with Crippen LogP contribution in [0.4, 0.5) is 14.6 Å². The number of carbonyl (C=O) groups is 1. The summed E-state index contributed by atoms with van der Waals surface area (Å²) in [5.74, 6) is -0.799. The van der Waals surface area contributed by atoms with Crippen LogP contribution in [0.15, 0.2) is 30.5 Å². The quantitative estimate of drug-likeness (QED) is 0.853. The molecule has 0 saturated carbocycles. The normalized spacial score (nSPS) is 11.6. The highest BCUT2D eigenvalue weighted by Crippen LogP contribution is 2.22. The standard InChI is InChI=1S/C13H13F2N3O2/c1-17(8-10(14)15)13-9(5-6-12(19)20)18-7-3-2-4-11(18)16-13/h2-7,10H,8H2,1H3,(H,19,20)/b6-5+. The summed E-state index contributed by atoms with van der Waals surface area (Å²) in [7, 11) is 1.49. The number of pyridine rings is 1. The topological polar surface area (TPSA) is 57.8 Å². The second kappa shape index (κ2) is 5.68. The van der Waals surface area contributed by atoms with Crippen LogP contribution in [0.25, 0.3) is 11.7 Å². The van der Waals surface area contributed by atoms with Gasteiger partial charge in [0, 0.05) is 19.3 Å². The van der Waals surface area contributed by atoms with Gasteiger partial charge in [-0.3, -0.25) is 4.40 Å². The Morgan fingerprint density at radius 2 is 2.30 bits per heavy atom. The highest BCUT2D eigenvalue weighted by atomic mass is 19.3. The van der Waals surface area contributed by atoms with Crippen LogP contribution in [0.5, 0.6) is 0 Å². The molecule has 0 spiro atoms. The van der Waals surface area contributed by atoms with E-state index >= 15 is 0 Å². The summed E-state index contributed by atoms with van der Waals surface area (Å²) in [6.07, 6.45) is 1.50. The minimum Gasteiger partial charge on any atom is -0.478 e. The van der Waals surface area contributed by atoms with Crippen molar-refractivity contribution in [2.45, 2.75) is 6.43 Å². The lowest BCUT2D eigenvalue weighted by Crippen LogP contribution is -2.25. The van der Waals surface area contributed by atoms with Crippen LogP contribution >= 0.6 is 0 Å². The van der Waals surface area contributed by atoms with Gasteiger partial charge in [0.2, 0.25) is 0 Å². The summed E-state index contributed by atoms with van der Waals surface area (Å²) in [6.45, 7) is -0.474. The first-order valence-corrected chi connectivity index (χ1v) is 5.86. The van der Waals surface area contributed by atoms with E-state index in [-0.39, 0.29) is 0 Å². The summed E-state index contributed by atoms with van der Waals surface area (Å²) >= 11 is 0. The maximum Gasteiger partial charge on any atom is 0.328 e. The van der Waals surface area contributed by atoms with Crippen LogP contribution < -0.4 is 4.90 Å². The van der Waals surface area contributed by atoms with Crippen molar-refractivity contribution in [3.8, 4) is 0 Å². The first kappa shape index (κ1) is 14.0. The third-order valence-corrected chi connectivity index (χ3v) is 2.70. The number of aliphatic carboxylic acids is 1. The van der Waals surface area contributed by atoms with Gasteiger partial charge < -0.3 is 10.0 Å². The summed E-state index contributed by atoms with van der Waals surface area (Å²) in [5, 5.41) is 8.71. The third-order valence-electron chi connectivity index (χ3n) is 2.70. The van der Waals surface area contributed by atoms with Gasteiger partial charge in [-0.1, -0.05) is 6.07 Å². The Morgan fingerprint density at radius 3 is 2.95 bits per heavy atom. The summed E-state index contributed by atoms with van der Waals surface area (Å²) in [4.78, 5) is 16.2. The van der Waals surface area contributed by atoms with E-state index in [9.17, 15) is 13.6 Å². The molecule has 2 aromatic heterocycles. The number of rotatable bonds is 5. The molecule has 0 aliphatic heterocycles. The van der Waals surface area contributed by atoms with E-state index < -0.39 is 18.9 Å². The Morgan fingerprint density at radius 1 is 1.55 bits per heavy atom. The zero-order valence-corrected chi connectivity index (χ0v) is 10.7. The molecule has 0 fully saturated rings. The lowest BCUT2D eigenvalue weighted by Gasteiger charge is -2.16. The molecule has 0 aromatic carbocycles. The molecular weight excluding hydrogens is 268 g/mol. The molecule has 0 radical (unpaired) electrons. The zero-order valence-electron chi connectivity index (χ0n) is 10.7. The van der Waals surface area contributed by atoms with Crippen molar-refractivity contribution in [1.82, 2.24) is 9.38 Å². The van der Waals surface area contributed by atoms with E-state index in [0.29, 0.717) is 17.2 Å². The molecule has 2 rings (SSSR count). The Kier molecular flexibility index (Phi) is 3.97. The molecule has 20 heavy (non-hydrogen) atoms. The Labute approximate surface area is 113 Å². The zero-order chi connectivity index (χ0) is 14.7. The molecule has 5 nitrogen and oxygen atoms in total. The second-order valence-corrected chi connectivity index (χ2v) is 4.19. The summed E-state index contributed by atoms with van der Waals surface area (Å²) in [5.41, 5.74) is 1.01. The van der Waals surface area contributed by atoms with Gasteiger partial charge in [-0.05, 0) is 18.2 Å². The maximum absolute atomic E-state index is 12.5. The van der Waals surface area contributed by atoms with Crippen molar-refractivity contribution in [1.29, 1.82) is 0 Å². The molecule has 7 heteroatoms. The van der Waals surface area contributed by atoms with Crippen LogP contribution in [0.1, 0.15) is 5.69 Å². The van der Waals surface area contributed by atoms with Gasteiger partial charge in [0.1, 0.15) is 5.65 Å². The largest absolute Gasteiger partial charge is 0.478 e. The highest BCUT2D eigenvalue weighted by molar-refractivity contribution is 5.86. The van der Waals surface area contributed by atoms with Crippen LogP contribution in [0, 0.1) is 0 Å². The van der Waals surface area contributed by atoms with Crippen molar-refractivity contribution in [3.63, 3.8) is 0 Å². The number of hydrogen-bond acceptors (Lipinski definition) is 3. The number of halogens is 2. The molecule has 0 unspecified atom stereocenters. The number of aromatic nitrogens is 2. The Balaban J connectivity index is 2.51. The van der Waals surface area contributed by atoms with E-state index in [0.717, 1.165) is 6.08 Å². The number of alkyl halides is 2. The molecular formula is C13H13F2N3O2. The van der Waals surface area contributed by atoms with Gasteiger partial charge in [0.05, 0.1) is 12.2 Å². The van der Waals surface area contributed by atoms with Gasteiger partial charge >= 0.3 is 5.97 Å². The fourth-order valence-corrected chi connectivity index (χ4v) is 1.88. The highest BCUT2D eigenvalue weighted by Gasteiger charge is 2.16. The molecule has 0 amide bonds. The fourth-order valence-electron chi connectivity index (χ4n) is 1.88. The van der Waals surface area contributed by atoms with E-state index in [1.807, 2.05) is 0 Å². The predicted molar refractivity (Wildman–Crippen MR) is 71.1 cm³/mol. The number of imidazole rings is 1. The fraction of sp³-hybridized carbons (Fsp3) is 0.231. The first-order valence-electron chi connectivity index (χ1n) is 5.86. The van der Waals surface area contributed by atoms with Crippen LogP contribution in [-0.4, -0.2) is 40.5 Å². The van der Waals surface area contributed by atoms with Crippen LogP contribution in [0.3, 0.4) is 0 Å². The molecule has 2 aromatic rings. The lowest BCUT2D eigenvalue weighted by molar-refractivity contribution is -0.131. The van der Waals surface area contributed by atoms with Gasteiger partial charge in [-0.25, -0.2) is 18.6 Å². The lowest BCUT2D eigenvalue weighted by atomic mass is 10.3. The Hall–Kier alpha value is -2.44. The van der Waals surface area contributed by atoms with Crippen molar-refractivity contribution in [2.24, 2.45) is 0 Å². The van der Waals surface area contributed by atoms with Crippen LogP contribution in [-0.2, 0) is 4.79 Å². The number of fused-ring (bicyclic) bond motifs is 1. The van der Waals surface area contributed by atoms with E-state index in [1.165, 1.54) is 18.0 Å². The number of anilines is 1. The number of carboxylic acid groups (broad SMARTS) is 1. The van der Waals surface area contributed by atoms with E-state index in [2.05, 4.69) is 4.98 Å². The van der Waals surface area contributed by atoms with Gasteiger partial charge in [-0.2, -0.15) is 0 Å². The van der Waals surface area contributed by atoms with Crippen molar-refractivity contribution < 1.29 is 18.7 Å². The third kappa shape index (κ3) is 2.93. The molecule has 2 heterocycles. The molecule has 1 N–H and O–H groups in total. The second-order valence-electron chi connectivity index (χ2n) is 4.19. The molecule has 0 aliphatic rings. The minimum absolute atomic E-state index is 0.314. The average molecular weight is 281 g/mol. The van der Waals surface area contributed by atoms with Gasteiger partial charge in [-0.15, -0.1) is 0 Å². The number of carboxylic acids is 1. The molecule has 0 saturated heterocycles. The predicted octanol–water partition coefficient (Wildman–Crippen LogP) is 2.13. The average Bonchev–Trinajstić information content (AvgIpc) is 2.74. The molecule has 106 valence electrons. The molecule has 0 atom stereocenters. The van der Waals surface area contributed by atoms with E-state index in [1.54, 1.807) is 28.8 Å². The van der Waals surface area contributed by atoms with Gasteiger partial charge in [0.15, 0.2) is 5.82 Å². The monoisotopic (exact) mass is 281 g/mol. The van der Waals surface area contributed by atoms with Crippen molar-refractivity contribution in [2.75, 3.05) is 18.5 Å². The summed E-state index contributed by atoms with van der Waals surface area (Å²) < 4.78 is 26.6. The van der Waals surface area contributed by atoms with Crippen LogP contribution in [0.2, 0.25) is 0 Å². The summed E-state index contributed by atoms with van der Waals surface area (Å²) in [6, 6.07) is 5.24. The van der Waals surface area contributed by atoms with Crippen molar-refractivity contribution >= 4 is 23.5 Å². The van der Waals surface area contributed by atoms with Crippen molar-refractivity contribution in [3.05, 3.63) is 36.2 Å². The first-order chi connectivity index (χ1) is 9.49. The molecule has 0 aliphatic carbocycles. The SMILES string of the molecule is CN(CC(F)F)c1nc2ccccn2c1/C=C/C(=O)O. The van der Waals surface area contributed by atoms with E-state index in [4.69, 9.17) is 5.11 Å².